The number of hydrazone groups is 1. The largest absolute Gasteiger partial charge is 0.323 e. The molecule has 0 aromatic heterocycles. The van der Waals surface area contributed by atoms with Crippen LogP contribution in [0.1, 0.15) is 11.1 Å². The van der Waals surface area contributed by atoms with Crippen molar-refractivity contribution in [2.24, 2.45) is 10.9 Å². The summed E-state index contributed by atoms with van der Waals surface area (Å²) in [5.74, 6) is 2.04. The maximum atomic E-state index is 13.7. The zero-order chi connectivity index (χ0) is 15.6. The van der Waals surface area contributed by atoms with Gasteiger partial charge in [0, 0.05) is 27.0 Å². The highest BCUT2D eigenvalue weighted by molar-refractivity contribution is 9.10. The Bertz CT molecular complexity index is 720. The highest BCUT2D eigenvalue weighted by Crippen LogP contribution is 2.25. The Labute approximate surface area is 132 Å². The van der Waals surface area contributed by atoms with Gasteiger partial charge in [-0.15, -0.1) is 0 Å². The van der Waals surface area contributed by atoms with Crippen molar-refractivity contribution in [3.63, 3.8) is 0 Å². The summed E-state index contributed by atoms with van der Waals surface area (Å²) in [5.41, 5.74) is 0.215. The molecule has 2 aromatic carbocycles. The number of nitrogens with zero attached hydrogens (tertiary/aromatic N) is 1. The Morgan fingerprint density at radius 3 is 2.48 bits per heavy atom. The van der Waals surface area contributed by atoms with E-state index in [1.54, 1.807) is 18.2 Å². The smallest absolute Gasteiger partial charge is 0.165 e. The summed E-state index contributed by atoms with van der Waals surface area (Å²) in [7, 11) is 0. The second kappa shape index (κ2) is 6.49. The lowest BCUT2D eigenvalue weighted by Crippen LogP contribution is -2.12. The van der Waals surface area contributed by atoms with Crippen LogP contribution in [0.3, 0.4) is 0 Å². The quantitative estimate of drug-likeness (QED) is 0.365. The second-order valence-corrected chi connectivity index (χ2v) is 5.49. The van der Waals surface area contributed by atoms with Crippen molar-refractivity contribution in [2.45, 2.75) is 6.42 Å². The number of nitrogens with two attached hydrogens (primary N) is 1. The van der Waals surface area contributed by atoms with E-state index < -0.39 is 23.0 Å². The van der Waals surface area contributed by atoms with Gasteiger partial charge in [0.2, 0.25) is 0 Å². The molecule has 2 N–H and O–H groups in total. The highest BCUT2D eigenvalue weighted by Gasteiger charge is 2.18. The van der Waals surface area contributed by atoms with E-state index in [-0.39, 0.29) is 12.1 Å². The van der Waals surface area contributed by atoms with Gasteiger partial charge < -0.3 is 5.84 Å². The molecule has 0 heterocycles. The first-order valence-corrected chi connectivity index (χ1v) is 6.95. The van der Waals surface area contributed by atoms with Gasteiger partial charge in [-0.2, -0.15) is 5.10 Å². The van der Waals surface area contributed by atoms with Gasteiger partial charge in [-0.05, 0) is 30.3 Å². The van der Waals surface area contributed by atoms with Gasteiger partial charge in [0.05, 0.1) is 5.71 Å². The number of benzene rings is 2. The van der Waals surface area contributed by atoms with Crippen molar-refractivity contribution in [3.05, 3.63) is 68.4 Å². The summed E-state index contributed by atoms with van der Waals surface area (Å²) in [6.45, 7) is 0. The SMILES string of the molecule is N/N=C(/Cc1c(F)ccc(F)c1F)c1cc(Cl)ccc1Br. The van der Waals surface area contributed by atoms with Crippen molar-refractivity contribution in [3.8, 4) is 0 Å². The van der Waals surface area contributed by atoms with E-state index in [9.17, 15) is 13.2 Å². The molecule has 0 bridgehead atoms. The van der Waals surface area contributed by atoms with Crippen LogP contribution in [-0.4, -0.2) is 5.71 Å². The van der Waals surface area contributed by atoms with Crippen LogP contribution in [0.2, 0.25) is 5.02 Å². The van der Waals surface area contributed by atoms with Crippen molar-refractivity contribution in [2.75, 3.05) is 0 Å². The van der Waals surface area contributed by atoms with Crippen LogP contribution in [0.4, 0.5) is 13.2 Å². The Kier molecular flexibility index (Phi) is 4.90. The maximum Gasteiger partial charge on any atom is 0.165 e. The fourth-order valence-electron chi connectivity index (χ4n) is 1.83. The average Bonchev–Trinajstić information content (AvgIpc) is 2.46. The highest BCUT2D eigenvalue weighted by atomic mass is 79.9. The first kappa shape index (κ1) is 15.9. The maximum absolute atomic E-state index is 13.7. The van der Waals surface area contributed by atoms with Gasteiger partial charge in [-0.25, -0.2) is 13.2 Å². The Hall–Kier alpha value is -1.53. The molecule has 0 aliphatic carbocycles. The van der Waals surface area contributed by atoms with E-state index >= 15 is 0 Å². The molecule has 0 unspecified atom stereocenters. The minimum absolute atomic E-state index is 0.174. The van der Waals surface area contributed by atoms with Crippen molar-refractivity contribution >= 4 is 33.2 Å². The van der Waals surface area contributed by atoms with Crippen molar-refractivity contribution in [1.29, 1.82) is 0 Å². The molecule has 0 atom stereocenters. The Morgan fingerprint density at radius 1 is 1.14 bits per heavy atom. The molecule has 7 heteroatoms. The zero-order valence-electron chi connectivity index (χ0n) is 10.5. The van der Waals surface area contributed by atoms with Crippen LogP contribution >= 0.6 is 27.5 Å². The van der Waals surface area contributed by atoms with Gasteiger partial charge in [0.1, 0.15) is 5.82 Å². The van der Waals surface area contributed by atoms with E-state index in [0.717, 1.165) is 12.1 Å². The van der Waals surface area contributed by atoms with Crippen LogP contribution in [0.15, 0.2) is 39.9 Å². The van der Waals surface area contributed by atoms with E-state index in [1.165, 1.54) is 0 Å². The van der Waals surface area contributed by atoms with Crippen LogP contribution in [0, 0.1) is 17.5 Å². The summed E-state index contributed by atoms with van der Waals surface area (Å²) in [5, 5.41) is 3.95. The van der Waals surface area contributed by atoms with E-state index in [2.05, 4.69) is 21.0 Å². The summed E-state index contributed by atoms with van der Waals surface area (Å²) >= 11 is 9.16. The van der Waals surface area contributed by atoms with Crippen LogP contribution in [-0.2, 0) is 6.42 Å². The minimum atomic E-state index is -1.26. The molecule has 0 saturated heterocycles. The normalized spacial score (nSPS) is 11.8. The molecule has 2 rings (SSSR count). The Balaban J connectivity index is 2.46. The molecule has 110 valence electrons. The lowest BCUT2D eigenvalue weighted by molar-refractivity contribution is 0.484. The molecule has 21 heavy (non-hydrogen) atoms. The third kappa shape index (κ3) is 3.39. The summed E-state index contributed by atoms with van der Waals surface area (Å²) in [4.78, 5) is 0. The molecular formula is C14H9BrClF3N2. The molecule has 0 spiro atoms. The number of rotatable bonds is 3. The topological polar surface area (TPSA) is 38.4 Å². The first-order valence-electron chi connectivity index (χ1n) is 5.78. The Morgan fingerprint density at radius 2 is 1.81 bits per heavy atom. The summed E-state index contributed by atoms with van der Waals surface area (Å²) in [6.07, 6.45) is -0.301. The van der Waals surface area contributed by atoms with Crippen LogP contribution < -0.4 is 5.84 Å². The second-order valence-electron chi connectivity index (χ2n) is 4.20. The lowest BCUT2D eigenvalue weighted by atomic mass is 10.0. The molecule has 0 saturated carbocycles. The average molecular weight is 378 g/mol. The van der Waals surface area contributed by atoms with Gasteiger partial charge in [0.25, 0.3) is 0 Å². The fraction of sp³-hybridized carbons (Fsp3) is 0.0714. The number of hydrogen-bond acceptors (Lipinski definition) is 2. The summed E-state index contributed by atoms with van der Waals surface area (Å²) < 4.78 is 41.2. The van der Waals surface area contributed by atoms with E-state index in [4.69, 9.17) is 17.4 Å². The zero-order valence-corrected chi connectivity index (χ0v) is 12.9. The van der Waals surface area contributed by atoms with E-state index in [1.807, 2.05) is 0 Å². The predicted octanol–water partition coefficient (Wildman–Crippen LogP) is 4.43. The third-order valence-electron chi connectivity index (χ3n) is 2.88. The van der Waals surface area contributed by atoms with Crippen molar-refractivity contribution < 1.29 is 13.2 Å². The molecular weight excluding hydrogens is 369 g/mol. The third-order valence-corrected chi connectivity index (χ3v) is 3.80. The van der Waals surface area contributed by atoms with Crippen LogP contribution in [0.5, 0.6) is 0 Å². The van der Waals surface area contributed by atoms with Gasteiger partial charge in [-0.3, -0.25) is 0 Å². The molecule has 0 aliphatic heterocycles. The standard InChI is InChI=1S/C14H9BrClF3N2/c15-10-2-1-7(16)5-8(10)13(21-20)6-9-11(17)3-4-12(18)14(9)19/h1-5H,6,20H2/b21-13-. The lowest BCUT2D eigenvalue weighted by Gasteiger charge is -2.10. The summed E-state index contributed by atoms with van der Waals surface area (Å²) in [6, 6.07) is 6.41. The number of halogens is 5. The molecule has 0 amide bonds. The van der Waals surface area contributed by atoms with E-state index in [0.29, 0.717) is 15.1 Å². The molecule has 0 aliphatic rings. The monoisotopic (exact) mass is 376 g/mol. The predicted molar refractivity (Wildman–Crippen MR) is 79.9 cm³/mol. The minimum Gasteiger partial charge on any atom is -0.323 e. The van der Waals surface area contributed by atoms with Gasteiger partial charge in [0.15, 0.2) is 11.6 Å². The number of hydrogen-bond donors (Lipinski definition) is 1. The van der Waals surface area contributed by atoms with Crippen LogP contribution in [0.25, 0.3) is 0 Å². The molecule has 0 fully saturated rings. The van der Waals surface area contributed by atoms with Gasteiger partial charge >= 0.3 is 0 Å². The van der Waals surface area contributed by atoms with Crippen molar-refractivity contribution in [1.82, 2.24) is 0 Å². The fourth-order valence-corrected chi connectivity index (χ4v) is 2.48. The molecule has 2 aromatic rings. The molecule has 0 radical (unpaired) electrons. The molecule has 2 nitrogen and oxygen atoms in total. The van der Waals surface area contributed by atoms with Gasteiger partial charge in [-0.1, -0.05) is 27.5 Å². The first-order chi connectivity index (χ1) is 9.93.